The first-order valence-electron chi connectivity index (χ1n) is 5.95. The van der Waals surface area contributed by atoms with Gasteiger partial charge < -0.3 is 10.5 Å². The van der Waals surface area contributed by atoms with E-state index in [0.717, 1.165) is 19.3 Å². The number of carbonyl (C=O) groups is 1. The molecule has 0 heterocycles. The smallest absolute Gasteiger partial charge is 0.0519 e. The molecule has 0 bridgehead atoms. The zero-order valence-corrected chi connectivity index (χ0v) is 15.1. The van der Waals surface area contributed by atoms with Crippen molar-refractivity contribution in [2.45, 2.75) is 60.3 Å². The van der Waals surface area contributed by atoms with Crippen molar-refractivity contribution in [2.24, 2.45) is 11.8 Å². The SMILES string of the molecule is CC.CC.CC1CCCC(C([NH-])=O)C1.[U]. The Bertz CT molecular complexity index is 140. The summed E-state index contributed by atoms with van der Waals surface area (Å²) >= 11 is 0. The van der Waals surface area contributed by atoms with Crippen molar-refractivity contribution >= 4 is 5.91 Å². The van der Waals surface area contributed by atoms with Crippen molar-refractivity contribution in [1.29, 1.82) is 0 Å². The molecule has 1 aliphatic carbocycles. The van der Waals surface area contributed by atoms with Gasteiger partial charge in [0.2, 0.25) is 0 Å². The minimum Gasteiger partial charge on any atom is -0.668 e. The second kappa shape index (κ2) is 14.5. The van der Waals surface area contributed by atoms with Crippen LogP contribution in [0.2, 0.25) is 0 Å². The molecule has 1 aliphatic rings. The monoisotopic (exact) mass is 438 g/mol. The fourth-order valence-corrected chi connectivity index (χ4v) is 1.67. The summed E-state index contributed by atoms with van der Waals surface area (Å²) in [7, 11) is 0. The number of rotatable bonds is 1. The Hall–Kier alpha value is 0.522. The number of hydrogen-bond acceptors (Lipinski definition) is 1. The van der Waals surface area contributed by atoms with Crippen molar-refractivity contribution in [2.75, 3.05) is 0 Å². The van der Waals surface area contributed by atoms with E-state index in [1.54, 1.807) is 0 Å². The van der Waals surface area contributed by atoms with Gasteiger partial charge in [0, 0.05) is 37.0 Å². The number of hydrogen-bond donors (Lipinski definition) is 0. The number of nitrogens with one attached hydrogen (secondary N) is 1. The minimum atomic E-state index is -0.355. The molecule has 2 nitrogen and oxygen atoms in total. The summed E-state index contributed by atoms with van der Waals surface area (Å²) in [6.45, 7) is 10.2. The predicted molar refractivity (Wildman–Crippen MR) is 63.1 cm³/mol. The van der Waals surface area contributed by atoms with E-state index in [4.69, 9.17) is 5.73 Å². The van der Waals surface area contributed by atoms with E-state index in [1.165, 1.54) is 6.42 Å². The summed E-state index contributed by atoms with van der Waals surface area (Å²) in [5.74, 6) is 0.364. The molecule has 3 heteroatoms. The van der Waals surface area contributed by atoms with E-state index in [9.17, 15) is 4.79 Å². The first kappa shape index (κ1) is 20.9. The Balaban J connectivity index is -0.000000258. The summed E-state index contributed by atoms with van der Waals surface area (Å²) in [5.41, 5.74) is 6.92. The van der Waals surface area contributed by atoms with Gasteiger partial charge in [0.25, 0.3) is 0 Å². The molecule has 1 saturated carbocycles. The Labute approximate surface area is 119 Å². The van der Waals surface area contributed by atoms with Crippen molar-refractivity contribution in [1.82, 2.24) is 0 Å². The van der Waals surface area contributed by atoms with Gasteiger partial charge in [-0.3, -0.25) is 0 Å². The molecule has 1 amide bonds. The molecule has 90 valence electrons. The molecule has 1 rings (SSSR count). The summed E-state index contributed by atoms with van der Waals surface area (Å²) in [6.07, 6.45) is 4.27. The zero-order valence-electron chi connectivity index (χ0n) is 10.9. The molecule has 1 fully saturated rings. The third-order valence-corrected chi connectivity index (χ3v) is 2.31. The maximum Gasteiger partial charge on any atom is 0.0519 e. The molecule has 0 saturated heterocycles. The molecule has 0 aromatic carbocycles. The molecular formula is C12H26NOU-. The Morgan fingerprint density at radius 2 is 1.60 bits per heavy atom. The second-order valence-electron chi connectivity index (χ2n) is 3.33. The molecular weight excluding hydrogens is 412 g/mol. The predicted octanol–water partition coefficient (Wildman–Crippen LogP) is 4.44. The van der Waals surface area contributed by atoms with Gasteiger partial charge in [-0.1, -0.05) is 47.5 Å². The van der Waals surface area contributed by atoms with Crippen LogP contribution in [0.4, 0.5) is 0 Å². The van der Waals surface area contributed by atoms with Crippen LogP contribution < -0.4 is 0 Å². The van der Waals surface area contributed by atoms with Crippen molar-refractivity contribution < 1.29 is 35.9 Å². The molecule has 0 radical (unpaired) electrons. The first-order valence-corrected chi connectivity index (χ1v) is 5.95. The standard InChI is InChI=1S/C8H15NO.2C2H6.U/c1-6-3-2-4-7(5-6)8(9)10;2*1-2;/h6-7H,2-5H2,1H3,(H2,9,10);2*1-2H3;/p-1. The summed E-state index contributed by atoms with van der Waals surface area (Å²) < 4.78 is 0. The van der Waals surface area contributed by atoms with E-state index >= 15 is 0 Å². The summed E-state index contributed by atoms with van der Waals surface area (Å²) in [5, 5.41) is 0. The van der Waals surface area contributed by atoms with Crippen LogP contribution in [0.1, 0.15) is 60.3 Å². The van der Waals surface area contributed by atoms with Gasteiger partial charge in [0.15, 0.2) is 0 Å². The van der Waals surface area contributed by atoms with Gasteiger partial charge in [-0.05, 0) is 18.8 Å². The molecule has 15 heavy (non-hydrogen) atoms. The zero-order chi connectivity index (χ0) is 11.6. The Morgan fingerprint density at radius 3 is 1.87 bits per heavy atom. The third kappa shape index (κ3) is 10.8. The normalized spacial score (nSPS) is 23.3. The molecule has 2 unspecified atom stereocenters. The largest absolute Gasteiger partial charge is 0.668 e. The molecule has 0 aromatic rings. The fourth-order valence-electron chi connectivity index (χ4n) is 1.67. The molecule has 1 N–H and O–H groups in total. The van der Waals surface area contributed by atoms with Crippen molar-refractivity contribution in [3.8, 4) is 0 Å². The molecule has 0 spiro atoms. The Morgan fingerprint density at radius 1 is 1.13 bits per heavy atom. The van der Waals surface area contributed by atoms with E-state index in [2.05, 4.69) is 6.92 Å². The van der Waals surface area contributed by atoms with E-state index in [-0.39, 0.29) is 42.9 Å². The Kier molecular flexibility index (Phi) is 20.2. The van der Waals surface area contributed by atoms with Gasteiger partial charge in [-0.25, -0.2) is 0 Å². The van der Waals surface area contributed by atoms with Crippen LogP contribution in [0.5, 0.6) is 0 Å². The third-order valence-electron chi connectivity index (χ3n) is 2.31. The van der Waals surface area contributed by atoms with Gasteiger partial charge in [0.1, 0.15) is 0 Å². The topological polar surface area (TPSA) is 40.9 Å². The van der Waals surface area contributed by atoms with Gasteiger partial charge in [-0.2, -0.15) is 0 Å². The van der Waals surface area contributed by atoms with E-state index < -0.39 is 0 Å². The van der Waals surface area contributed by atoms with Crippen LogP contribution in [-0.4, -0.2) is 5.91 Å². The van der Waals surface area contributed by atoms with Crippen LogP contribution in [0.25, 0.3) is 5.73 Å². The summed E-state index contributed by atoms with van der Waals surface area (Å²) in [4.78, 5) is 10.6. The van der Waals surface area contributed by atoms with Crippen molar-refractivity contribution in [3.63, 3.8) is 0 Å². The molecule has 0 aromatic heterocycles. The maximum atomic E-state index is 10.6. The van der Waals surface area contributed by atoms with Gasteiger partial charge in [0.05, 0.1) is 5.91 Å². The van der Waals surface area contributed by atoms with Crippen LogP contribution in [0.15, 0.2) is 0 Å². The van der Waals surface area contributed by atoms with Gasteiger partial charge in [-0.15, -0.1) is 0 Å². The number of amides is 1. The first-order chi connectivity index (χ1) is 6.70. The van der Waals surface area contributed by atoms with Crippen LogP contribution in [0, 0.1) is 42.9 Å². The molecule has 0 aliphatic heterocycles. The number of carbonyl (C=O) groups excluding carboxylic acids is 1. The minimum absolute atomic E-state index is 0. The van der Waals surface area contributed by atoms with Crippen LogP contribution in [0.3, 0.4) is 0 Å². The van der Waals surface area contributed by atoms with E-state index in [1.807, 2.05) is 27.7 Å². The quantitative estimate of drug-likeness (QED) is 0.597. The fraction of sp³-hybridized carbons (Fsp3) is 0.917. The maximum absolute atomic E-state index is 10.6. The molecule has 2 atom stereocenters. The average Bonchev–Trinajstić information content (AvgIpc) is 2.24. The van der Waals surface area contributed by atoms with Crippen LogP contribution in [-0.2, 0) is 4.79 Å². The van der Waals surface area contributed by atoms with Gasteiger partial charge >= 0.3 is 0 Å². The van der Waals surface area contributed by atoms with E-state index in [0.29, 0.717) is 5.92 Å². The second-order valence-corrected chi connectivity index (χ2v) is 3.33. The van der Waals surface area contributed by atoms with Crippen LogP contribution >= 0.6 is 0 Å². The summed E-state index contributed by atoms with van der Waals surface area (Å²) in [6, 6.07) is 0. The average molecular weight is 438 g/mol. The van der Waals surface area contributed by atoms with Crippen molar-refractivity contribution in [3.05, 3.63) is 5.73 Å².